The first-order valence-electron chi connectivity index (χ1n) is 9.29. The molecule has 28 heavy (non-hydrogen) atoms. The standard InChI is InChI=1S/C19H18BN3O5/c24-16-11(18(26)21-7-10-4-2-1-3-5-10)8-22-9-14-23(12-6-13(20-12)28-14)19(27)15(22)17(16)25/h1-5,8,12-14,20,25H,6-7,9H2,(H,21,26). The van der Waals surface area contributed by atoms with E-state index >= 15 is 0 Å². The normalized spacial score (nSPS) is 24.5. The molecule has 3 atom stereocenters. The summed E-state index contributed by atoms with van der Waals surface area (Å²) in [6.07, 6.45) is 1.70. The first-order valence-corrected chi connectivity index (χ1v) is 9.29. The molecule has 2 amide bonds. The molecule has 6 rings (SSSR count). The van der Waals surface area contributed by atoms with Crippen molar-refractivity contribution < 1.29 is 19.4 Å². The van der Waals surface area contributed by atoms with Crippen molar-refractivity contribution in [3.05, 3.63) is 63.6 Å². The summed E-state index contributed by atoms with van der Waals surface area (Å²) in [5, 5.41) is 13.1. The van der Waals surface area contributed by atoms with Crippen LogP contribution in [0, 0.1) is 0 Å². The number of benzene rings is 1. The smallest absolute Gasteiger partial charge is 0.276 e. The molecule has 1 aromatic carbocycles. The van der Waals surface area contributed by atoms with E-state index in [1.165, 1.54) is 10.8 Å². The summed E-state index contributed by atoms with van der Waals surface area (Å²) in [4.78, 5) is 39.6. The van der Waals surface area contributed by atoms with Gasteiger partial charge >= 0.3 is 0 Å². The number of rotatable bonds is 3. The van der Waals surface area contributed by atoms with Gasteiger partial charge in [0, 0.05) is 24.7 Å². The molecule has 142 valence electrons. The van der Waals surface area contributed by atoms with Crippen LogP contribution in [0.1, 0.15) is 32.8 Å². The summed E-state index contributed by atoms with van der Waals surface area (Å²) >= 11 is 0. The Kier molecular flexibility index (Phi) is 3.80. The van der Waals surface area contributed by atoms with Crippen LogP contribution < -0.4 is 10.7 Å². The Morgan fingerprint density at radius 2 is 2.04 bits per heavy atom. The third-order valence-corrected chi connectivity index (χ3v) is 5.71. The molecule has 9 heteroatoms. The number of carbonyl (C=O) groups excluding carboxylic acids is 2. The zero-order valence-electron chi connectivity index (χ0n) is 15.0. The number of nitrogens with one attached hydrogen (secondary N) is 1. The Hall–Kier alpha value is -3.07. The molecule has 4 aliphatic rings. The second kappa shape index (κ2) is 6.24. The minimum atomic E-state index is -0.840. The quantitative estimate of drug-likeness (QED) is 0.719. The van der Waals surface area contributed by atoms with Gasteiger partial charge in [-0.05, 0) is 12.0 Å². The lowest BCUT2D eigenvalue weighted by Crippen LogP contribution is -2.70. The highest BCUT2D eigenvalue weighted by Crippen LogP contribution is 2.36. The van der Waals surface area contributed by atoms with Crippen molar-refractivity contribution in [1.82, 2.24) is 14.8 Å². The second-order valence-electron chi connectivity index (χ2n) is 7.44. The SMILES string of the molecule is O=C(NCc1ccccc1)c1cn2c(c(O)c1=O)C(=O)N1C3BC(C3)OC1C2. The van der Waals surface area contributed by atoms with Crippen LogP contribution in [0.4, 0.5) is 0 Å². The number of fused-ring (bicyclic) bond motifs is 1. The van der Waals surface area contributed by atoms with E-state index in [1.54, 1.807) is 4.90 Å². The summed E-state index contributed by atoms with van der Waals surface area (Å²) in [6.45, 7) is 0.532. The van der Waals surface area contributed by atoms with Gasteiger partial charge < -0.3 is 24.6 Å². The average Bonchev–Trinajstić information content (AvgIpc) is 2.68. The van der Waals surface area contributed by atoms with Gasteiger partial charge in [-0.15, -0.1) is 0 Å². The molecule has 5 heterocycles. The van der Waals surface area contributed by atoms with Gasteiger partial charge in [-0.2, -0.15) is 0 Å². The van der Waals surface area contributed by atoms with Gasteiger partial charge in [0.05, 0.1) is 6.54 Å². The predicted molar refractivity (Wildman–Crippen MR) is 100 cm³/mol. The van der Waals surface area contributed by atoms with E-state index in [9.17, 15) is 19.5 Å². The zero-order chi connectivity index (χ0) is 19.4. The Balaban J connectivity index is 1.45. The van der Waals surface area contributed by atoms with Crippen LogP contribution in [-0.4, -0.2) is 51.8 Å². The number of nitrogens with zero attached hydrogens (tertiary/aromatic N) is 2. The molecule has 4 aliphatic heterocycles. The van der Waals surface area contributed by atoms with Crippen molar-refractivity contribution in [2.75, 3.05) is 0 Å². The Morgan fingerprint density at radius 3 is 2.79 bits per heavy atom. The molecule has 0 aliphatic carbocycles. The average molecular weight is 379 g/mol. The molecular formula is C19H18BN3O5. The van der Waals surface area contributed by atoms with Crippen LogP contribution in [0.25, 0.3) is 0 Å². The number of ether oxygens (including phenoxy) is 1. The number of hydrogen-bond donors (Lipinski definition) is 2. The Bertz CT molecular complexity index is 1030. The summed E-state index contributed by atoms with van der Waals surface area (Å²) in [5.74, 6) is -1.61. The van der Waals surface area contributed by atoms with E-state index < -0.39 is 29.2 Å². The highest BCUT2D eigenvalue weighted by molar-refractivity contribution is 6.44. The maximum absolute atomic E-state index is 12.9. The van der Waals surface area contributed by atoms with E-state index in [-0.39, 0.29) is 36.3 Å². The first kappa shape index (κ1) is 17.1. The highest BCUT2D eigenvalue weighted by Gasteiger charge is 2.51. The molecular weight excluding hydrogens is 361 g/mol. The number of aromatic nitrogens is 1. The molecule has 2 bridgehead atoms. The lowest BCUT2D eigenvalue weighted by atomic mass is 9.48. The molecule has 2 aromatic rings. The Morgan fingerprint density at radius 1 is 1.29 bits per heavy atom. The maximum Gasteiger partial charge on any atom is 0.276 e. The van der Waals surface area contributed by atoms with Gasteiger partial charge in [0.25, 0.3) is 11.8 Å². The Labute approximate surface area is 161 Å². The minimum absolute atomic E-state index is 0.0743. The van der Waals surface area contributed by atoms with Gasteiger partial charge in [-0.3, -0.25) is 14.4 Å². The third kappa shape index (κ3) is 2.54. The number of amides is 2. The van der Waals surface area contributed by atoms with Crippen molar-refractivity contribution in [2.45, 2.75) is 37.7 Å². The number of carbonyl (C=O) groups is 2. The zero-order valence-corrected chi connectivity index (χ0v) is 15.0. The predicted octanol–water partition coefficient (Wildman–Crippen LogP) is -0.212. The largest absolute Gasteiger partial charge is 0.503 e. The fraction of sp³-hybridized carbons (Fsp3) is 0.316. The topological polar surface area (TPSA) is 101 Å². The lowest BCUT2D eigenvalue weighted by Gasteiger charge is -2.54. The van der Waals surface area contributed by atoms with Gasteiger partial charge in [-0.1, -0.05) is 30.3 Å². The third-order valence-electron chi connectivity index (χ3n) is 5.71. The molecule has 2 N–H and O–H groups in total. The molecule has 3 fully saturated rings. The molecule has 8 nitrogen and oxygen atoms in total. The van der Waals surface area contributed by atoms with Crippen LogP contribution in [-0.2, 0) is 17.8 Å². The summed E-state index contributed by atoms with van der Waals surface area (Å²) in [7, 11) is 0.785. The highest BCUT2D eigenvalue weighted by atomic mass is 16.5. The first-order chi connectivity index (χ1) is 13.5. The van der Waals surface area contributed by atoms with E-state index in [1.807, 2.05) is 30.3 Å². The summed E-state index contributed by atoms with van der Waals surface area (Å²) in [5.41, 5.74) is -0.221. The van der Waals surface area contributed by atoms with E-state index in [0.29, 0.717) is 0 Å². The van der Waals surface area contributed by atoms with E-state index in [2.05, 4.69) is 5.32 Å². The van der Waals surface area contributed by atoms with E-state index in [0.717, 1.165) is 19.3 Å². The van der Waals surface area contributed by atoms with E-state index in [4.69, 9.17) is 4.74 Å². The minimum Gasteiger partial charge on any atom is -0.503 e. The molecule has 3 unspecified atom stereocenters. The van der Waals surface area contributed by atoms with Gasteiger partial charge in [-0.25, -0.2) is 0 Å². The summed E-state index contributed by atoms with van der Waals surface area (Å²) in [6, 6.07) is 9.45. The number of pyridine rings is 1. The van der Waals surface area contributed by atoms with Crippen LogP contribution in [0.2, 0.25) is 0 Å². The van der Waals surface area contributed by atoms with Crippen LogP contribution in [0.3, 0.4) is 0 Å². The molecule has 0 radical (unpaired) electrons. The molecule has 1 aromatic heterocycles. The van der Waals surface area contributed by atoms with Crippen LogP contribution >= 0.6 is 0 Å². The number of aromatic hydroxyl groups is 1. The van der Waals surface area contributed by atoms with Crippen molar-refractivity contribution in [3.8, 4) is 5.75 Å². The summed E-state index contributed by atoms with van der Waals surface area (Å²) < 4.78 is 7.34. The van der Waals surface area contributed by atoms with Crippen molar-refractivity contribution in [2.24, 2.45) is 0 Å². The monoisotopic (exact) mass is 379 g/mol. The van der Waals surface area contributed by atoms with Gasteiger partial charge in [0.15, 0.2) is 18.7 Å². The second-order valence-corrected chi connectivity index (χ2v) is 7.44. The van der Waals surface area contributed by atoms with Crippen molar-refractivity contribution in [1.29, 1.82) is 0 Å². The van der Waals surface area contributed by atoms with Crippen molar-refractivity contribution in [3.63, 3.8) is 0 Å². The molecule has 0 spiro atoms. The number of hydrogen-bond acceptors (Lipinski definition) is 5. The van der Waals surface area contributed by atoms with Crippen LogP contribution in [0.5, 0.6) is 5.75 Å². The lowest BCUT2D eigenvalue weighted by molar-refractivity contribution is -0.139. The van der Waals surface area contributed by atoms with Gasteiger partial charge in [0.1, 0.15) is 11.8 Å². The molecule has 0 saturated carbocycles. The maximum atomic E-state index is 12.9. The molecule has 3 saturated heterocycles. The fourth-order valence-corrected chi connectivity index (χ4v) is 4.17. The van der Waals surface area contributed by atoms with Crippen molar-refractivity contribution >= 4 is 19.1 Å². The van der Waals surface area contributed by atoms with Gasteiger partial charge in [0.2, 0.25) is 5.43 Å². The van der Waals surface area contributed by atoms with Crippen LogP contribution in [0.15, 0.2) is 41.3 Å². The fourth-order valence-electron chi connectivity index (χ4n) is 4.17.